The largest absolute Gasteiger partial charge is 0.464 e. The third-order valence-electron chi connectivity index (χ3n) is 4.02. The zero-order valence-corrected chi connectivity index (χ0v) is 11.5. The molecule has 0 atom stereocenters. The number of rotatable bonds is 3. The van der Waals surface area contributed by atoms with Crippen LogP contribution in [-0.4, -0.2) is 16.6 Å². The van der Waals surface area contributed by atoms with Crippen LogP contribution in [0.4, 0.5) is 0 Å². The van der Waals surface area contributed by atoms with Crippen LogP contribution in [0.15, 0.2) is 34.9 Å². The van der Waals surface area contributed by atoms with Gasteiger partial charge in [0, 0.05) is 23.2 Å². The standard InChI is InChI=1S/C16H17N3O/c1-17-9-15-18-16(13-6-4-8-19(13)15)12-10-20-14-7-3-2-5-11(12)14/h2-3,5,7,10,17H,4,6,8-9H2,1H3. The number of furan rings is 1. The monoisotopic (exact) mass is 267 g/mol. The fraction of sp³-hybridized carbons (Fsp3) is 0.312. The van der Waals surface area contributed by atoms with Gasteiger partial charge in [0.15, 0.2) is 0 Å². The summed E-state index contributed by atoms with van der Waals surface area (Å²) in [6.45, 7) is 1.89. The van der Waals surface area contributed by atoms with Crippen molar-refractivity contribution in [3.63, 3.8) is 0 Å². The number of aromatic nitrogens is 2. The number of para-hydroxylation sites is 1. The first kappa shape index (κ1) is 11.7. The van der Waals surface area contributed by atoms with Gasteiger partial charge in [0.2, 0.25) is 0 Å². The van der Waals surface area contributed by atoms with E-state index in [9.17, 15) is 0 Å². The number of hydrogen-bond donors (Lipinski definition) is 1. The van der Waals surface area contributed by atoms with Crippen molar-refractivity contribution < 1.29 is 4.42 Å². The molecule has 0 aliphatic carbocycles. The molecule has 4 rings (SSSR count). The van der Waals surface area contributed by atoms with E-state index in [4.69, 9.17) is 9.40 Å². The Labute approximate surface area is 117 Å². The average Bonchev–Trinajstić information content (AvgIpc) is 3.15. The Morgan fingerprint density at radius 2 is 2.25 bits per heavy atom. The number of imidazole rings is 1. The van der Waals surface area contributed by atoms with E-state index < -0.39 is 0 Å². The Morgan fingerprint density at radius 3 is 3.15 bits per heavy atom. The lowest BCUT2D eigenvalue weighted by atomic mass is 10.1. The van der Waals surface area contributed by atoms with Crippen LogP contribution < -0.4 is 5.32 Å². The molecule has 0 bridgehead atoms. The van der Waals surface area contributed by atoms with Crippen molar-refractivity contribution in [3.05, 3.63) is 42.0 Å². The van der Waals surface area contributed by atoms with E-state index in [1.807, 2.05) is 31.5 Å². The van der Waals surface area contributed by atoms with Crippen molar-refractivity contribution in [3.8, 4) is 11.3 Å². The zero-order chi connectivity index (χ0) is 13.5. The summed E-state index contributed by atoms with van der Waals surface area (Å²) >= 11 is 0. The molecule has 1 aromatic carbocycles. The molecule has 4 nitrogen and oxygen atoms in total. The second-order valence-electron chi connectivity index (χ2n) is 5.25. The Morgan fingerprint density at radius 1 is 1.35 bits per heavy atom. The minimum absolute atomic E-state index is 0.808. The van der Waals surface area contributed by atoms with Crippen molar-refractivity contribution in [1.82, 2.24) is 14.9 Å². The van der Waals surface area contributed by atoms with Crippen molar-refractivity contribution in [2.45, 2.75) is 25.9 Å². The summed E-state index contributed by atoms with van der Waals surface area (Å²) in [5.74, 6) is 1.13. The molecular formula is C16H17N3O. The minimum Gasteiger partial charge on any atom is -0.464 e. The van der Waals surface area contributed by atoms with Gasteiger partial charge < -0.3 is 14.3 Å². The van der Waals surface area contributed by atoms with Gasteiger partial charge in [-0.1, -0.05) is 18.2 Å². The van der Waals surface area contributed by atoms with Gasteiger partial charge in [-0.3, -0.25) is 0 Å². The molecule has 1 aliphatic rings. The predicted molar refractivity (Wildman–Crippen MR) is 78.5 cm³/mol. The van der Waals surface area contributed by atoms with Gasteiger partial charge in [-0.15, -0.1) is 0 Å². The van der Waals surface area contributed by atoms with Crippen LogP contribution in [0.25, 0.3) is 22.2 Å². The van der Waals surface area contributed by atoms with Crippen molar-refractivity contribution >= 4 is 11.0 Å². The predicted octanol–water partition coefficient (Wildman–Crippen LogP) is 2.96. The lowest BCUT2D eigenvalue weighted by Crippen LogP contribution is -2.11. The fourth-order valence-electron chi connectivity index (χ4n) is 3.13. The van der Waals surface area contributed by atoms with Crippen LogP contribution in [0.2, 0.25) is 0 Å². The van der Waals surface area contributed by atoms with Gasteiger partial charge in [-0.05, 0) is 26.0 Å². The smallest absolute Gasteiger partial charge is 0.134 e. The summed E-state index contributed by atoms with van der Waals surface area (Å²) < 4.78 is 8.02. The molecule has 0 radical (unpaired) electrons. The van der Waals surface area contributed by atoms with E-state index >= 15 is 0 Å². The molecule has 4 heteroatoms. The molecule has 0 saturated carbocycles. The molecule has 1 aliphatic heterocycles. The first-order valence-corrected chi connectivity index (χ1v) is 7.08. The third kappa shape index (κ3) is 1.61. The Hall–Kier alpha value is -2.07. The topological polar surface area (TPSA) is 43.0 Å². The SMILES string of the molecule is CNCc1nc(-c2coc3ccccc23)c2n1CCC2. The van der Waals surface area contributed by atoms with E-state index in [1.54, 1.807) is 0 Å². The van der Waals surface area contributed by atoms with Gasteiger partial charge in [-0.25, -0.2) is 4.98 Å². The molecule has 0 fully saturated rings. The third-order valence-corrected chi connectivity index (χ3v) is 4.02. The van der Waals surface area contributed by atoms with Gasteiger partial charge >= 0.3 is 0 Å². The van der Waals surface area contributed by atoms with Crippen molar-refractivity contribution in [2.75, 3.05) is 7.05 Å². The highest BCUT2D eigenvalue weighted by atomic mass is 16.3. The molecular weight excluding hydrogens is 250 g/mol. The molecule has 0 saturated heterocycles. The van der Waals surface area contributed by atoms with E-state index in [1.165, 1.54) is 12.1 Å². The number of benzene rings is 1. The fourth-order valence-corrected chi connectivity index (χ4v) is 3.13. The second kappa shape index (κ2) is 4.49. The van der Waals surface area contributed by atoms with E-state index in [2.05, 4.69) is 16.0 Å². The van der Waals surface area contributed by atoms with Gasteiger partial charge in [-0.2, -0.15) is 0 Å². The zero-order valence-electron chi connectivity index (χ0n) is 11.5. The normalized spacial score (nSPS) is 14.1. The summed E-state index contributed by atoms with van der Waals surface area (Å²) in [6, 6.07) is 8.15. The van der Waals surface area contributed by atoms with E-state index in [0.29, 0.717) is 0 Å². The molecule has 1 N–H and O–H groups in total. The van der Waals surface area contributed by atoms with Crippen LogP contribution >= 0.6 is 0 Å². The number of nitrogens with one attached hydrogen (secondary N) is 1. The summed E-state index contributed by atoms with van der Waals surface area (Å²) in [5.41, 5.74) is 4.49. The maximum absolute atomic E-state index is 5.67. The highest BCUT2D eigenvalue weighted by molar-refractivity contribution is 5.93. The maximum Gasteiger partial charge on any atom is 0.134 e. The van der Waals surface area contributed by atoms with Crippen LogP contribution in [0.3, 0.4) is 0 Å². The van der Waals surface area contributed by atoms with Crippen molar-refractivity contribution in [2.24, 2.45) is 0 Å². The first-order valence-electron chi connectivity index (χ1n) is 7.08. The molecule has 3 heterocycles. The molecule has 0 spiro atoms. The number of fused-ring (bicyclic) bond motifs is 2. The molecule has 0 amide bonds. The summed E-state index contributed by atoms with van der Waals surface area (Å²) in [5, 5.41) is 4.35. The Kier molecular flexibility index (Phi) is 2.63. The average molecular weight is 267 g/mol. The summed E-state index contributed by atoms with van der Waals surface area (Å²) in [6.07, 6.45) is 4.15. The minimum atomic E-state index is 0.808. The molecule has 102 valence electrons. The quantitative estimate of drug-likeness (QED) is 0.793. The van der Waals surface area contributed by atoms with Crippen LogP contribution in [-0.2, 0) is 19.5 Å². The first-order chi connectivity index (χ1) is 9.88. The van der Waals surface area contributed by atoms with Crippen molar-refractivity contribution in [1.29, 1.82) is 0 Å². The summed E-state index contributed by atoms with van der Waals surface area (Å²) in [7, 11) is 1.96. The lowest BCUT2D eigenvalue weighted by molar-refractivity contribution is 0.616. The van der Waals surface area contributed by atoms with Gasteiger partial charge in [0.1, 0.15) is 17.7 Å². The maximum atomic E-state index is 5.67. The molecule has 2 aromatic heterocycles. The highest BCUT2D eigenvalue weighted by Gasteiger charge is 2.23. The highest BCUT2D eigenvalue weighted by Crippen LogP contribution is 2.35. The van der Waals surface area contributed by atoms with Crippen LogP contribution in [0, 0.1) is 0 Å². The summed E-state index contributed by atoms with van der Waals surface area (Å²) in [4.78, 5) is 4.85. The van der Waals surface area contributed by atoms with Crippen LogP contribution in [0.5, 0.6) is 0 Å². The van der Waals surface area contributed by atoms with Crippen LogP contribution in [0.1, 0.15) is 17.9 Å². The molecule has 20 heavy (non-hydrogen) atoms. The lowest BCUT2D eigenvalue weighted by Gasteiger charge is -2.01. The van der Waals surface area contributed by atoms with E-state index in [-0.39, 0.29) is 0 Å². The number of nitrogens with zero attached hydrogens (tertiary/aromatic N) is 2. The Bertz CT molecular complexity index is 769. The Balaban J connectivity index is 1.92. The van der Waals surface area contributed by atoms with E-state index in [0.717, 1.165) is 47.6 Å². The molecule has 0 unspecified atom stereocenters. The number of hydrogen-bond acceptors (Lipinski definition) is 3. The van der Waals surface area contributed by atoms with Gasteiger partial charge in [0.25, 0.3) is 0 Å². The van der Waals surface area contributed by atoms with Gasteiger partial charge in [0.05, 0.1) is 12.2 Å². The molecule has 3 aromatic rings. The second-order valence-corrected chi connectivity index (χ2v) is 5.25.